The Bertz CT molecular complexity index is 347. The highest BCUT2D eigenvalue weighted by atomic mass is 32.2. The number of thioether (sulfide) groups is 1. The molecule has 0 amide bonds. The minimum Gasteiger partial charge on any atom is -0.394 e. The van der Waals surface area contributed by atoms with Crippen LogP contribution < -0.4 is 5.32 Å². The zero-order valence-electron chi connectivity index (χ0n) is 10.3. The molecule has 0 aliphatic rings. The first kappa shape index (κ1) is 14.4. The van der Waals surface area contributed by atoms with Crippen LogP contribution in [0.4, 0.5) is 0 Å². The standard InChI is InChI=1S/C12H20N2O2S/c1-3-13-5-10-4-9(2)12(14-6-10)17-8-11(16)7-15/h4,6,11,13,15-16H,3,5,7-8H2,1-2H3. The summed E-state index contributed by atoms with van der Waals surface area (Å²) in [5.74, 6) is 0.469. The van der Waals surface area contributed by atoms with Crippen molar-refractivity contribution in [1.29, 1.82) is 0 Å². The molecule has 1 atom stereocenters. The van der Waals surface area contributed by atoms with Crippen molar-refractivity contribution in [1.82, 2.24) is 10.3 Å². The normalized spacial score (nSPS) is 12.7. The van der Waals surface area contributed by atoms with E-state index < -0.39 is 6.10 Å². The van der Waals surface area contributed by atoms with Crippen LogP contribution in [0.5, 0.6) is 0 Å². The monoisotopic (exact) mass is 256 g/mol. The van der Waals surface area contributed by atoms with Crippen molar-refractivity contribution in [3.05, 3.63) is 23.4 Å². The predicted octanol–water partition coefficient (Wildman–Crippen LogP) is 0.945. The van der Waals surface area contributed by atoms with Crippen molar-refractivity contribution >= 4 is 11.8 Å². The number of nitrogens with one attached hydrogen (secondary N) is 1. The summed E-state index contributed by atoms with van der Waals surface area (Å²) in [5.41, 5.74) is 2.27. The molecular weight excluding hydrogens is 236 g/mol. The lowest BCUT2D eigenvalue weighted by Crippen LogP contribution is -2.15. The third-order valence-electron chi connectivity index (χ3n) is 2.29. The fraction of sp³-hybridized carbons (Fsp3) is 0.583. The molecule has 1 heterocycles. The number of aryl methyl sites for hydroxylation is 1. The van der Waals surface area contributed by atoms with Gasteiger partial charge in [0, 0.05) is 18.5 Å². The SMILES string of the molecule is CCNCc1cnc(SCC(O)CO)c(C)c1. The maximum Gasteiger partial charge on any atom is 0.0990 e. The number of aliphatic hydroxyl groups excluding tert-OH is 2. The quantitative estimate of drug-likeness (QED) is 0.634. The average Bonchev–Trinajstić information content (AvgIpc) is 2.34. The molecule has 0 spiro atoms. The molecule has 1 unspecified atom stereocenters. The van der Waals surface area contributed by atoms with Crippen LogP contribution in [0.3, 0.4) is 0 Å². The predicted molar refractivity (Wildman–Crippen MR) is 70.2 cm³/mol. The number of hydrogen-bond acceptors (Lipinski definition) is 5. The number of hydrogen-bond donors (Lipinski definition) is 3. The topological polar surface area (TPSA) is 65.4 Å². The number of aliphatic hydroxyl groups is 2. The van der Waals surface area contributed by atoms with Crippen LogP contribution in [0.15, 0.2) is 17.3 Å². The van der Waals surface area contributed by atoms with Crippen LogP contribution in [0, 0.1) is 6.92 Å². The lowest BCUT2D eigenvalue weighted by molar-refractivity contribution is 0.113. The molecule has 0 bridgehead atoms. The first-order valence-electron chi connectivity index (χ1n) is 5.75. The van der Waals surface area contributed by atoms with Crippen molar-refractivity contribution in [2.75, 3.05) is 18.9 Å². The number of rotatable bonds is 7. The van der Waals surface area contributed by atoms with Crippen molar-refractivity contribution in [2.24, 2.45) is 0 Å². The van der Waals surface area contributed by atoms with Gasteiger partial charge >= 0.3 is 0 Å². The van der Waals surface area contributed by atoms with Gasteiger partial charge in [0.15, 0.2) is 0 Å². The van der Waals surface area contributed by atoms with Gasteiger partial charge in [-0.15, -0.1) is 11.8 Å². The van der Waals surface area contributed by atoms with E-state index in [0.29, 0.717) is 5.75 Å². The molecule has 0 radical (unpaired) electrons. The van der Waals surface area contributed by atoms with Gasteiger partial charge < -0.3 is 15.5 Å². The van der Waals surface area contributed by atoms with Gasteiger partial charge in [-0.1, -0.05) is 13.0 Å². The zero-order chi connectivity index (χ0) is 12.7. The molecule has 4 nitrogen and oxygen atoms in total. The maximum atomic E-state index is 9.27. The Morgan fingerprint density at radius 1 is 1.53 bits per heavy atom. The smallest absolute Gasteiger partial charge is 0.0990 e. The molecule has 96 valence electrons. The first-order chi connectivity index (χ1) is 8.17. The fourth-order valence-corrected chi connectivity index (χ4v) is 2.23. The van der Waals surface area contributed by atoms with E-state index in [4.69, 9.17) is 5.11 Å². The maximum absolute atomic E-state index is 9.27. The molecule has 1 aromatic heterocycles. The highest BCUT2D eigenvalue weighted by Crippen LogP contribution is 2.21. The van der Waals surface area contributed by atoms with Gasteiger partial charge in [-0.25, -0.2) is 4.98 Å². The van der Waals surface area contributed by atoms with Crippen molar-refractivity contribution in [3.8, 4) is 0 Å². The lowest BCUT2D eigenvalue weighted by atomic mass is 10.2. The van der Waals surface area contributed by atoms with Crippen LogP contribution in [0.1, 0.15) is 18.1 Å². The fourth-order valence-electron chi connectivity index (χ4n) is 1.37. The Kier molecular flexibility index (Phi) is 6.50. The molecule has 0 aliphatic carbocycles. The van der Waals surface area contributed by atoms with Crippen molar-refractivity contribution in [2.45, 2.75) is 31.5 Å². The molecular formula is C12H20N2O2S. The highest BCUT2D eigenvalue weighted by Gasteiger charge is 2.07. The molecule has 1 rings (SSSR count). The van der Waals surface area contributed by atoms with E-state index in [1.165, 1.54) is 11.8 Å². The summed E-state index contributed by atoms with van der Waals surface area (Å²) in [6, 6.07) is 2.10. The van der Waals surface area contributed by atoms with E-state index in [1.807, 2.05) is 13.1 Å². The Balaban J connectivity index is 2.56. The second kappa shape index (κ2) is 7.66. The zero-order valence-corrected chi connectivity index (χ0v) is 11.1. The van der Waals surface area contributed by atoms with E-state index in [-0.39, 0.29) is 6.61 Å². The Hall–Kier alpha value is -0.620. The van der Waals surface area contributed by atoms with Gasteiger partial charge in [0.1, 0.15) is 0 Å². The molecule has 1 aromatic rings. The number of pyridine rings is 1. The van der Waals surface area contributed by atoms with E-state index in [2.05, 4.69) is 23.3 Å². The second-order valence-electron chi connectivity index (χ2n) is 3.89. The van der Waals surface area contributed by atoms with Crippen LogP contribution in [0.2, 0.25) is 0 Å². The lowest BCUT2D eigenvalue weighted by Gasteiger charge is -2.09. The summed E-state index contributed by atoms with van der Waals surface area (Å²) in [5, 5.41) is 22.2. The minimum absolute atomic E-state index is 0.204. The Morgan fingerprint density at radius 3 is 2.88 bits per heavy atom. The molecule has 0 aromatic carbocycles. The minimum atomic E-state index is -0.678. The molecule has 0 saturated heterocycles. The van der Waals surface area contributed by atoms with E-state index in [1.54, 1.807) is 0 Å². The summed E-state index contributed by atoms with van der Waals surface area (Å²) in [6.07, 6.45) is 1.17. The summed E-state index contributed by atoms with van der Waals surface area (Å²) < 4.78 is 0. The summed E-state index contributed by atoms with van der Waals surface area (Å²) in [7, 11) is 0. The average molecular weight is 256 g/mol. The van der Waals surface area contributed by atoms with E-state index in [9.17, 15) is 5.11 Å². The van der Waals surface area contributed by atoms with Gasteiger partial charge in [0.25, 0.3) is 0 Å². The van der Waals surface area contributed by atoms with E-state index >= 15 is 0 Å². The third kappa shape index (κ3) is 5.04. The first-order valence-corrected chi connectivity index (χ1v) is 6.73. The highest BCUT2D eigenvalue weighted by molar-refractivity contribution is 7.99. The molecule has 17 heavy (non-hydrogen) atoms. The molecule has 0 aliphatic heterocycles. The third-order valence-corrected chi connectivity index (χ3v) is 3.54. The number of aromatic nitrogens is 1. The van der Waals surface area contributed by atoms with Crippen molar-refractivity contribution < 1.29 is 10.2 Å². The Labute approximate surface area is 106 Å². The van der Waals surface area contributed by atoms with Gasteiger partial charge in [-0.05, 0) is 24.6 Å². The molecule has 3 N–H and O–H groups in total. The summed E-state index contributed by atoms with van der Waals surface area (Å²) in [6.45, 7) is 5.65. The van der Waals surface area contributed by atoms with Gasteiger partial charge in [0.2, 0.25) is 0 Å². The van der Waals surface area contributed by atoms with Crippen LogP contribution in [-0.4, -0.2) is 40.2 Å². The van der Waals surface area contributed by atoms with Gasteiger partial charge in [0.05, 0.1) is 17.7 Å². The number of nitrogens with zero attached hydrogens (tertiary/aromatic N) is 1. The van der Waals surface area contributed by atoms with Crippen LogP contribution >= 0.6 is 11.8 Å². The van der Waals surface area contributed by atoms with Crippen molar-refractivity contribution in [3.63, 3.8) is 0 Å². The second-order valence-corrected chi connectivity index (χ2v) is 4.90. The van der Waals surface area contributed by atoms with Crippen LogP contribution in [0.25, 0.3) is 0 Å². The van der Waals surface area contributed by atoms with Gasteiger partial charge in [-0.2, -0.15) is 0 Å². The van der Waals surface area contributed by atoms with Crippen LogP contribution in [-0.2, 0) is 6.54 Å². The van der Waals surface area contributed by atoms with E-state index in [0.717, 1.165) is 29.2 Å². The molecule has 0 fully saturated rings. The largest absolute Gasteiger partial charge is 0.394 e. The summed E-state index contributed by atoms with van der Waals surface area (Å²) >= 11 is 1.47. The molecule has 5 heteroatoms. The van der Waals surface area contributed by atoms with Gasteiger partial charge in [-0.3, -0.25) is 0 Å². The molecule has 0 saturated carbocycles. The Morgan fingerprint density at radius 2 is 2.29 bits per heavy atom. The summed E-state index contributed by atoms with van der Waals surface area (Å²) in [4.78, 5) is 4.37.